The van der Waals surface area contributed by atoms with E-state index in [0.29, 0.717) is 17.5 Å². The number of nitrogens with zero attached hydrogens (tertiary/aromatic N) is 3. The smallest absolute Gasteiger partial charge is 0.164 e. The molecule has 0 aliphatic heterocycles. The lowest BCUT2D eigenvalue weighted by Gasteiger charge is -2.11. The van der Waals surface area contributed by atoms with Crippen molar-refractivity contribution < 1.29 is 8.83 Å². The Kier molecular flexibility index (Phi) is 6.18. The number of fused-ring (bicyclic) bond motifs is 8. The second kappa shape index (κ2) is 11.2. The zero-order valence-electron chi connectivity index (χ0n) is 27.7. The van der Waals surface area contributed by atoms with Gasteiger partial charge < -0.3 is 8.83 Å². The van der Waals surface area contributed by atoms with Gasteiger partial charge in [-0.05, 0) is 81.2 Å². The van der Waals surface area contributed by atoms with E-state index in [9.17, 15) is 0 Å². The number of rotatable bonds is 4. The fraction of sp³-hybridized carbons (Fsp3) is 0. The van der Waals surface area contributed by atoms with Gasteiger partial charge in [0.2, 0.25) is 0 Å². The van der Waals surface area contributed by atoms with Crippen molar-refractivity contribution in [3.63, 3.8) is 0 Å². The van der Waals surface area contributed by atoms with E-state index in [1.165, 1.54) is 11.1 Å². The molecule has 0 saturated heterocycles. The summed E-state index contributed by atoms with van der Waals surface area (Å²) in [7, 11) is 0. The molecule has 52 heavy (non-hydrogen) atoms. The van der Waals surface area contributed by atoms with Crippen LogP contribution in [0.15, 0.2) is 173 Å². The van der Waals surface area contributed by atoms with Crippen LogP contribution in [-0.2, 0) is 0 Å². The Hall–Kier alpha value is -7.11. The Morgan fingerprint density at radius 2 is 0.865 bits per heavy atom. The molecule has 0 saturated carbocycles. The van der Waals surface area contributed by atoms with E-state index in [-0.39, 0.29) is 0 Å². The van der Waals surface area contributed by atoms with Gasteiger partial charge in [-0.2, -0.15) is 0 Å². The fourth-order valence-electron chi connectivity index (χ4n) is 7.52. The van der Waals surface area contributed by atoms with Gasteiger partial charge in [0.25, 0.3) is 0 Å². The highest BCUT2D eigenvalue weighted by atomic mass is 16.3. The molecule has 5 nitrogen and oxygen atoms in total. The Labute approximate surface area is 297 Å². The Balaban J connectivity index is 1.10. The number of para-hydroxylation sites is 2. The third-order valence-electron chi connectivity index (χ3n) is 10.1. The molecule has 0 spiro atoms. The van der Waals surface area contributed by atoms with Crippen LogP contribution in [0.5, 0.6) is 0 Å². The van der Waals surface area contributed by atoms with Gasteiger partial charge in [0.15, 0.2) is 17.5 Å². The minimum Gasteiger partial charge on any atom is -0.456 e. The minimum absolute atomic E-state index is 0.588. The standard InChI is InChI=1S/C47H27N3O2/c1-2-9-28(10-3-1)29-17-18-31-24-33(21-19-30(31)23-29)45-48-46(50-47(49-45)38-13-8-16-42-44(38)37-12-5-7-15-41(37)51-42)34-22-20-32-26-39-36-11-4-6-14-40(36)52-43(39)27-35(32)25-34/h1-27H. The van der Waals surface area contributed by atoms with Crippen LogP contribution >= 0.6 is 0 Å². The largest absolute Gasteiger partial charge is 0.456 e. The van der Waals surface area contributed by atoms with E-state index in [2.05, 4.69) is 109 Å². The van der Waals surface area contributed by atoms with Crippen LogP contribution in [0.3, 0.4) is 0 Å². The van der Waals surface area contributed by atoms with Gasteiger partial charge in [0.05, 0.1) is 0 Å². The molecule has 11 aromatic rings. The van der Waals surface area contributed by atoms with Crippen molar-refractivity contribution in [1.82, 2.24) is 15.0 Å². The summed E-state index contributed by atoms with van der Waals surface area (Å²) < 4.78 is 12.5. The van der Waals surface area contributed by atoms with E-state index in [1.807, 2.05) is 54.6 Å². The average molecular weight is 666 g/mol. The summed E-state index contributed by atoms with van der Waals surface area (Å²) in [4.78, 5) is 15.5. The summed E-state index contributed by atoms with van der Waals surface area (Å²) in [5.74, 6) is 1.78. The maximum absolute atomic E-state index is 6.26. The van der Waals surface area contributed by atoms with Crippen molar-refractivity contribution in [2.24, 2.45) is 0 Å². The van der Waals surface area contributed by atoms with Crippen LogP contribution in [0.25, 0.3) is 111 Å². The third kappa shape index (κ3) is 4.60. The Morgan fingerprint density at radius 3 is 1.63 bits per heavy atom. The number of benzene rings is 8. The van der Waals surface area contributed by atoms with Crippen molar-refractivity contribution in [2.75, 3.05) is 0 Å². The maximum Gasteiger partial charge on any atom is 0.164 e. The number of hydrogen-bond acceptors (Lipinski definition) is 5. The predicted molar refractivity (Wildman–Crippen MR) is 211 cm³/mol. The van der Waals surface area contributed by atoms with Gasteiger partial charge in [0.1, 0.15) is 22.3 Å². The quantitative estimate of drug-likeness (QED) is 0.187. The maximum atomic E-state index is 6.26. The van der Waals surface area contributed by atoms with Crippen LogP contribution in [-0.4, -0.2) is 15.0 Å². The molecular formula is C47H27N3O2. The van der Waals surface area contributed by atoms with Crippen LogP contribution in [0.2, 0.25) is 0 Å². The molecule has 0 amide bonds. The molecule has 0 radical (unpaired) electrons. The molecule has 0 atom stereocenters. The monoisotopic (exact) mass is 665 g/mol. The van der Waals surface area contributed by atoms with Crippen LogP contribution in [0, 0.1) is 0 Å². The van der Waals surface area contributed by atoms with Gasteiger partial charge in [-0.1, -0.05) is 115 Å². The molecule has 0 N–H and O–H groups in total. The highest BCUT2D eigenvalue weighted by molar-refractivity contribution is 6.12. The molecule has 0 aliphatic carbocycles. The number of hydrogen-bond donors (Lipinski definition) is 0. The summed E-state index contributed by atoms with van der Waals surface area (Å²) in [5, 5.41) is 8.67. The summed E-state index contributed by atoms with van der Waals surface area (Å²) in [6, 6.07) is 56.5. The third-order valence-corrected chi connectivity index (χ3v) is 10.1. The Bertz CT molecular complexity index is 3190. The molecule has 0 aliphatic rings. The SMILES string of the molecule is c1ccc(-c2ccc3cc(-c4nc(-c5ccc6cc7c(cc6c5)oc5ccccc57)nc(-c5cccc6oc7ccccc7c56)n4)ccc3c2)cc1. The van der Waals surface area contributed by atoms with E-state index >= 15 is 0 Å². The second-order valence-corrected chi connectivity index (χ2v) is 13.2. The van der Waals surface area contributed by atoms with Crippen LogP contribution < -0.4 is 0 Å². The minimum atomic E-state index is 0.588. The zero-order valence-corrected chi connectivity index (χ0v) is 27.7. The van der Waals surface area contributed by atoms with Crippen molar-refractivity contribution in [3.8, 4) is 45.3 Å². The fourth-order valence-corrected chi connectivity index (χ4v) is 7.52. The lowest BCUT2D eigenvalue weighted by atomic mass is 9.99. The predicted octanol–water partition coefficient (Wildman–Crippen LogP) is 12.6. The molecular weight excluding hydrogens is 639 g/mol. The molecule has 8 aromatic carbocycles. The number of aromatic nitrogens is 3. The normalized spacial score (nSPS) is 11.8. The van der Waals surface area contributed by atoms with Gasteiger partial charge >= 0.3 is 0 Å². The molecule has 242 valence electrons. The highest BCUT2D eigenvalue weighted by Crippen LogP contribution is 2.38. The lowest BCUT2D eigenvalue weighted by Crippen LogP contribution is -2.00. The molecule has 0 unspecified atom stereocenters. The zero-order chi connectivity index (χ0) is 34.2. The van der Waals surface area contributed by atoms with E-state index in [0.717, 1.165) is 82.1 Å². The second-order valence-electron chi connectivity index (χ2n) is 13.2. The summed E-state index contributed by atoms with van der Waals surface area (Å²) >= 11 is 0. The summed E-state index contributed by atoms with van der Waals surface area (Å²) in [6.07, 6.45) is 0. The molecule has 0 bridgehead atoms. The van der Waals surface area contributed by atoms with E-state index in [1.54, 1.807) is 0 Å². The van der Waals surface area contributed by atoms with Gasteiger partial charge in [-0.3, -0.25) is 0 Å². The van der Waals surface area contributed by atoms with Crippen molar-refractivity contribution >= 4 is 65.4 Å². The van der Waals surface area contributed by atoms with Gasteiger partial charge in [-0.25, -0.2) is 15.0 Å². The average Bonchev–Trinajstić information content (AvgIpc) is 3.77. The molecule has 3 aromatic heterocycles. The topological polar surface area (TPSA) is 65.0 Å². The first-order valence-corrected chi connectivity index (χ1v) is 17.3. The van der Waals surface area contributed by atoms with E-state index < -0.39 is 0 Å². The van der Waals surface area contributed by atoms with Gasteiger partial charge in [-0.15, -0.1) is 0 Å². The van der Waals surface area contributed by atoms with Crippen molar-refractivity contribution in [1.29, 1.82) is 0 Å². The molecule has 5 heteroatoms. The first kappa shape index (κ1) is 28.7. The molecule has 3 heterocycles. The molecule has 11 rings (SSSR count). The van der Waals surface area contributed by atoms with E-state index in [4.69, 9.17) is 23.8 Å². The van der Waals surface area contributed by atoms with Gasteiger partial charge in [0, 0.05) is 38.2 Å². The number of furan rings is 2. The Morgan fingerprint density at radius 1 is 0.308 bits per heavy atom. The van der Waals surface area contributed by atoms with Crippen LogP contribution in [0.1, 0.15) is 0 Å². The molecule has 0 fully saturated rings. The van der Waals surface area contributed by atoms with Crippen molar-refractivity contribution in [3.05, 3.63) is 164 Å². The first-order valence-electron chi connectivity index (χ1n) is 17.3. The first-order chi connectivity index (χ1) is 25.7. The lowest BCUT2D eigenvalue weighted by molar-refractivity contribution is 0.669. The summed E-state index contributed by atoms with van der Waals surface area (Å²) in [5.41, 5.74) is 8.44. The van der Waals surface area contributed by atoms with Crippen LogP contribution in [0.4, 0.5) is 0 Å². The highest BCUT2D eigenvalue weighted by Gasteiger charge is 2.18. The summed E-state index contributed by atoms with van der Waals surface area (Å²) in [6.45, 7) is 0. The van der Waals surface area contributed by atoms with Crippen molar-refractivity contribution in [2.45, 2.75) is 0 Å².